The van der Waals surface area contributed by atoms with Crippen molar-refractivity contribution in [3.05, 3.63) is 17.5 Å². The fourth-order valence-corrected chi connectivity index (χ4v) is 2.78. The molecule has 30 heavy (non-hydrogen) atoms. The van der Waals surface area contributed by atoms with Gasteiger partial charge in [0.2, 0.25) is 11.8 Å². The van der Waals surface area contributed by atoms with Crippen molar-refractivity contribution >= 4 is 5.69 Å². The van der Waals surface area contributed by atoms with Crippen LogP contribution >= 0.6 is 0 Å². The van der Waals surface area contributed by atoms with Crippen LogP contribution in [0.5, 0.6) is 5.88 Å². The summed E-state index contributed by atoms with van der Waals surface area (Å²) in [5.41, 5.74) is 0.893. The van der Waals surface area contributed by atoms with E-state index in [9.17, 15) is 26.3 Å². The number of alkyl halides is 6. The average Bonchev–Trinajstić information content (AvgIpc) is 3.10. The van der Waals surface area contributed by atoms with Crippen LogP contribution in [0.2, 0.25) is 0 Å². The number of hydrogen-bond donors (Lipinski definition) is 1. The average molecular weight is 440 g/mol. The number of nitrogens with zero attached hydrogens (tertiary/aromatic N) is 3. The molecule has 0 spiro atoms. The van der Waals surface area contributed by atoms with E-state index < -0.39 is 65.1 Å². The second-order valence-electron chi connectivity index (χ2n) is 7.14. The van der Waals surface area contributed by atoms with Crippen molar-refractivity contribution in [3.8, 4) is 17.5 Å². The number of anilines is 1. The van der Waals surface area contributed by atoms with Gasteiger partial charge in [-0.25, -0.2) is 4.98 Å². The zero-order valence-corrected chi connectivity index (χ0v) is 15.9. The molecule has 0 amide bonds. The summed E-state index contributed by atoms with van der Waals surface area (Å²) in [6.45, 7) is 1.48. The number of aromatic nitrogens is 3. The summed E-state index contributed by atoms with van der Waals surface area (Å²) in [5, 5.41) is 6.94. The minimum absolute atomic E-state index is 0.0765. The van der Waals surface area contributed by atoms with Gasteiger partial charge in [-0.05, 0) is 32.8 Å². The highest BCUT2D eigenvalue weighted by atomic mass is 19.4. The minimum Gasteiger partial charge on any atom is -0.474 e. The SMILES string of the molecule is C[C@@H]1CCCOCC(C)(C(F)(F)F)c2nnc(o2)-c2nc(c(C(F)(F)F)cc2N)O1. The molecule has 3 heterocycles. The van der Waals surface area contributed by atoms with E-state index in [1.165, 1.54) is 6.92 Å². The van der Waals surface area contributed by atoms with Gasteiger partial charge in [0, 0.05) is 6.61 Å². The van der Waals surface area contributed by atoms with Crippen molar-refractivity contribution in [3.63, 3.8) is 0 Å². The Morgan fingerprint density at radius 3 is 2.50 bits per heavy atom. The van der Waals surface area contributed by atoms with Gasteiger partial charge >= 0.3 is 12.4 Å². The molecule has 1 aliphatic heterocycles. The van der Waals surface area contributed by atoms with Crippen LogP contribution in [0.4, 0.5) is 32.0 Å². The smallest absolute Gasteiger partial charge is 0.421 e. The number of hydrogen-bond acceptors (Lipinski definition) is 7. The number of halogens is 6. The molecule has 0 fully saturated rings. The Bertz CT molecular complexity index is 914. The van der Waals surface area contributed by atoms with E-state index in [1.54, 1.807) is 0 Å². The normalized spacial score (nSPS) is 23.5. The monoisotopic (exact) mass is 440 g/mol. The molecule has 0 radical (unpaired) electrons. The third-order valence-corrected chi connectivity index (χ3v) is 4.65. The maximum absolute atomic E-state index is 13.7. The zero-order chi connectivity index (χ0) is 22.3. The highest BCUT2D eigenvalue weighted by molar-refractivity contribution is 5.68. The van der Waals surface area contributed by atoms with Crippen molar-refractivity contribution < 1.29 is 40.2 Å². The van der Waals surface area contributed by atoms with Crippen LogP contribution in [0.25, 0.3) is 11.6 Å². The van der Waals surface area contributed by atoms with Gasteiger partial charge in [0.05, 0.1) is 18.4 Å². The predicted octanol–water partition coefficient (Wildman–Crippen LogP) is 4.13. The Hall–Kier alpha value is -2.57. The van der Waals surface area contributed by atoms with Crippen LogP contribution in [0.1, 0.15) is 38.1 Å². The Kier molecular flexibility index (Phi) is 5.60. The molecular weight excluding hydrogens is 422 g/mol. The number of fused-ring (bicyclic) bond motifs is 5. The first-order chi connectivity index (χ1) is 13.8. The number of nitrogens with two attached hydrogens (primary N) is 1. The lowest BCUT2D eigenvalue weighted by Crippen LogP contribution is -2.44. The van der Waals surface area contributed by atoms with E-state index in [4.69, 9.17) is 19.6 Å². The van der Waals surface area contributed by atoms with Gasteiger partial charge in [0.1, 0.15) is 5.56 Å². The van der Waals surface area contributed by atoms with E-state index in [0.717, 1.165) is 6.92 Å². The number of pyridine rings is 1. The van der Waals surface area contributed by atoms with Gasteiger partial charge in [-0.2, -0.15) is 26.3 Å². The summed E-state index contributed by atoms with van der Waals surface area (Å²) in [6, 6.07) is 0.576. The molecule has 0 saturated heterocycles. The lowest BCUT2D eigenvalue weighted by molar-refractivity contribution is -0.206. The standard InChI is InChI=1S/C17H18F6N4O3/c1-8-4-3-5-28-7-15(2,17(21,22)23)14-27-26-13(30-14)11-10(24)6-9(16(18,19)20)12(25-11)29-8/h6,8H,3-5,7,24H2,1-2H3/t8-,15?/m1/s1. The van der Waals surface area contributed by atoms with Gasteiger partial charge in [-0.15, -0.1) is 10.2 Å². The quantitative estimate of drug-likeness (QED) is 0.616. The van der Waals surface area contributed by atoms with Crippen LogP contribution < -0.4 is 10.5 Å². The van der Waals surface area contributed by atoms with E-state index in [0.29, 0.717) is 6.07 Å². The summed E-state index contributed by atoms with van der Waals surface area (Å²) in [5.74, 6) is -2.17. The molecule has 2 N–H and O–H groups in total. The molecule has 4 bridgehead atoms. The van der Waals surface area contributed by atoms with Crippen LogP contribution in [0.3, 0.4) is 0 Å². The van der Waals surface area contributed by atoms with Gasteiger partial charge in [-0.3, -0.25) is 0 Å². The van der Waals surface area contributed by atoms with E-state index in [-0.39, 0.29) is 19.4 Å². The summed E-state index contributed by atoms with van der Waals surface area (Å²) < 4.78 is 97.0. The van der Waals surface area contributed by atoms with Crippen molar-refractivity contribution in [1.29, 1.82) is 0 Å². The summed E-state index contributed by atoms with van der Waals surface area (Å²) in [7, 11) is 0. The van der Waals surface area contributed by atoms with E-state index >= 15 is 0 Å². The third-order valence-electron chi connectivity index (χ3n) is 4.65. The van der Waals surface area contributed by atoms with Gasteiger partial charge in [-0.1, -0.05) is 0 Å². The highest BCUT2D eigenvalue weighted by Gasteiger charge is 2.56. The Morgan fingerprint density at radius 2 is 1.87 bits per heavy atom. The number of ether oxygens (including phenoxy) is 2. The van der Waals surface area contributed by atoms with E-state index in [1.807, 2.05) is 0 Å². The van der Waals surface area contributed by atoms with Crippen LogP contribution in [-0.2, 0) is 16.3 Å². The van der Waals surface area contributed by atoms with Crippen molar-refractivity contribution in [2.24, 2.45) is 0 Å². The summed E-state index contributed by atoms with van der Waals surface area (Å²) in [4.78, 5) is 3.76. The van der Waals surface area contributed by atoms with Crippen LogP contribution in [-0.4, -0.2) is 40.7 Å². The Labute approximate surface area is 166 Å². The number of nitrogen functional groups attached to an aromatic ring is 1. The second kappa shape index (κ2) is 7.60. The molecule has 0 saturated carbocycles. The summed E-state index contributed by atoms with van der Waals surface area (Å²) in [6.07, 6.45) is -9.88. The van der Waals surface area contributed by atoms with Crippen molar-refractivity contribution in [1.82, 2.24) is 15.2 Å². The number of rotatable bonds is 0. The van der Waals surface area contributed by atoms with Gasteiger partial charge in [0.15, 0.2) is 11.1 Å². The molecule has 13 heteroatoms. The fraction of sp³-hybridized carbons (Fsp3) is 0.588. The van der Waals surface area contributed by atoms with Crippen LogP contribution in [0, 0.1) is 0 Å². The first kappa shape index (κ1) is 22.1. The van der Waals surface area contributed by atoms with Gasteiger partial charge in [0.25, 0.3) is 5.89 Å². The van der Waals surface area contributed by atoms with Gasteiger partial charge < -0.3 is 19.6 Å². The Morgan fingerprint density at radius 1 is 1.17 bits per heavy atom. The maximum atomic E-state index is 13.7. The first-order valence-electron chi connectivity index (χ1n) is 8.86. The molecule has 7 nitrogen and oxygen atoms in total. The largest absolute Gasteiger partial charge is 0.474 e. The molecule has 3 rings (SSSR count). The van der Waals surface area contributed by atoms with Crippen molar-refractivity contribution in [2.75, 3.05) is 18.9 Å². The van der Waals surface area contributed by atoms with Crippen molar-refractivity contribution in [2.45, 2.75) is 50.6 Å². The first-order valence-corrected chi connectivity index (χ1v) is 8.86. The molecule has 2 aromatic rings. The fourth-order valence-electron chi connectivity index (χ4n) is 2.78. The molecular formula is C17H18F6N4O3. The Balaban J connectivity index is 2.17. The minimum atomic E-state index is -4.82. The molecule has 0 aromatic carbocycles. The van der Waals surface area contributed by atoms with E-state index in [2.05, 4.69) is 15.2 Å². The molecule has 2 aromatic heterocycles. The highest BCUT2D eigenvalue weighted by Crippen LogP contribution is 2.43. The summed E-state index contributed by atoms with van der Waals surface area (Å²) >= 11 is 0. The third kappa shape index (κ3) is 4.16. The molecule has 166 valence electrons. The zero-order valence-electron chi connectivity index (χ0n) is 15.9. The molecule has 1 aliphatic rings. The maximum Gasteiger partial charge on any atom is 0.421 e. The topological polar surface area (TPSA) is 96.3 Å². The lowest BCUT2D eigenvalue weighted by atomic mass is 9.91. The molecule has 2 atom stereocenters. The molecule has 1 unspecified atom stereocenters. The lowest BCUT2D eigenvalue weighted by Gasteiger charge is -2.28. The molecule has 0 aliphatic carbocycles. The predicted molar refractivity (Wildman–Crippen MR) is 90.5 cm³/mol. The van der Waals surface area contributed by atoms with Crippen LogP contribution in [0.15, 0.2) is 10.5 Å². The second-order valence-corrected chi connectivity index (χ2v) is 7.14.